The minimum atomic E-state index is -4.89. The molecule has 1 atom stereocenters. The smallest absolute Gasteiger partial charge is 0.413 e. The quantitative estimate of drug-likeness (QED) is 0.161. The molecule has 0 amide bonds. The Morgan fingerprint density at radius 3 is 2.19 bits per heavy atom. The number of pyridine rings is 1. The highest BCUT2D eigenvalue weighted by molar-refractivity contribution is 7.86. The molecule has 0 saturated heterocycles. The van der Waals surface area contributed by atoms with E-state index in [1.54, 1.807) is 24.3 Å². The summed E-state index contributed by atoms with van der Waals surface area (Å²) in [6.07, 6.45) is -4.06. The van der Waals surface area contributed by atoms with Crippen molar-refractivity contribution in [2.75, 3.05) is 26.6 Å². The molecule has 0 aliphatic rings. The van der Waals surface area contributed by atoms with Crippen LogP contribution in [0.25, 0.3) is 0 Å². The van der Waals surface area contributed by atoms with Crippen LogP contribution >= 0.6 is 7.37 Å². The first-order valence-corrected chi connectivity index (χ1v) is 17.3. The van der Waals surface area contributed by atoms with Gasteiger partial charge in [0.2, 0.25) is 0 Å². The average molecular weight is 662 g/mol. The third kappa shape index (κ3) is 10.5. The molecule has 1 heterocycles. The summed E-state index contributed by atoms with van der Waals surface area (Å²) in [6.45, 7) is -1.18. The third-order valence-corrected chi connectivity index (χ3v) is 9.59. The molecule has 10 nitrogen and oxygen atoms in total. The average Bonchev–Trinajstić information content (AvgIpc) is 2.93. The zero-order valence-corrected chi connectivity index (χ0v) is 25.6. The van der Waals surface area contributed by atoms with Gasteiger partial charge in [-0.2, -0.15) is 30.0 Å². The zero-order chi connectivity index (χ0) is 31.9. The van der Waals surface area contributed by atoms with Crippen molar-refractivity contribution in [2.24, 2.45) is 0 Å². The van der Waals surface area contributed by atoms with E-state index in [0.717, 1.165) is 6.26 Å². The van der Waals surface area contributed by atoms with Crippen molar-refractivity contribution in [3.63, 3.8) is 0 Å². The molecular weight excluding hydrogens is 634 g/mol. The summed E-state index contributed by atoms with van der Waals surface area (Å²) in [5.41, 5.74) is 0.485. The Kier molecular flexibility index (Phi) is 11.2. The molecule has 3 aromatic rings. The maximum Gasteiger partial charge on any atom is 0.413 e. The van der Waals surface area contributed by atoms with Crippen LogP contribution in [0.3, 0.4) is 0 Å². The Morgan fingerprint density at radius 2 is 1.58 bits per heavy atom. The first kappa shape index (κ1) is 34.2. The Hall–Kier alpha value is -3.25. The topological polar surface area (TPSA) is 135 Å². The molecule has 43 heavy (non-hydrogen) atoms. The molecule has 232 valence electrons. The summed E-state index contributed by atoms with van der Waals surface area (Å²) < 4.78 is 120. The SMILES string of the molecule is CCOP(=O)(c1cc(C#Cc2ccc(OC)cc2)cc(COS(C)(=O)=O)n1)c1ccccc1CS(=O)(=O)OCC(F)(F)F. The van der Waals surface area contributed by atoms with E-state index in [0.29, 0.717) is 11.3 Å². The third-order valence-electron chi connectivity index (χ3n) is 5.38. The van der Waals surface area contributed by atoms with E-state index in [4.69, 9.17) is 13.4 Å². The summed E-state index contributed by atoms with van der Waals surface area (Å²) >= 11 is 0. The highest BCUT2D eigenvalue weighted by atomic mass is 32.2. The Morgan fingerprint density at radius 1 is 0.930 bits per heavy atom. The highest BCUT2D eigenvalue weighted by Crippen LogP contribution is 2.45. The lowest BCUT2D eigenvalue weighted by Crippen LogP contribution is -2.27. The molecule has 1 unspecified atom stereocenters. The van der Waals surface area contributed by atoms with Crippen LogP contribution in [0.4, 0.5) is 13.2 Å². The van der Waals surface area contributed by atoms with Crippen molar-refractivity contribution >= 4 is 38.3 Å². The van der Waals surface area contributed by atoms with Crippen molar-refractivity contribution in [1.29, 1.82) is 0 Å². The fourth-order valence-electron chi connectivity index (χ4n) is 3.60. The lowest BCUT2D eigenvalue weighted by molar-refractivity contribution is -0.152. The van der Waals surface area contributed by atoms with Crippen LogP contribution in [0.15, 0.2) is 60.7 Å². The highest BCUT2D eigenvalue weighted by Gasteiger charge is 2.35. The van der Waals surface area contributed by atoms with Gasteiger partial charge in [-0.25, -0.2) is 4.98 Å². The van der Waals surface area contributed by atoms with E-state index in [1.807, 2.05) is 0 Å². The molecule has 0 aliphatic carbocycles. The fourth-order valence-corrected chi connectivity index (χ4v) is 7.34. The second-order valence-electron chi connectivity index (χ2n) is 8.83. The maximum absolute atomic E-state index is 14.6. The van der Waals surface area contributed by atoms with Gasteiger partial charge < -0.3 is 9.26 Å². The molecule has 3 rings (SSSR count). The molecule has 0 radical (unpaired) electrons. The number of hydrogen-bond acceptors (Lipinski definition) is 10. The van der Waals surface area contributed by atoms with Gasteiger partial charge in [0.15, 0.2) is 6.61 Å². The summed E-state index contributed by atoms with van der Waals surface area (Å²) in [5, 5.41) is -0.154. The van der Waals surface area contributed by atoms with Crippen LogP contribution in [0, 0.1) is 11.8 Å². The number of alkyl halides is 3. The zero-order valence-electron chi connectivity index (χ0n) is 23.1. The van der Waals surface area contributed by atoms with Crippen molar-refractivity contribution < 1.29 is 52.2 Å². The molecule has 0 spiro atoms. The predicted octanol–water partition coefficient (Wildman–Crippen LogP) is 3.64. The number of ether oxygens (including phenoxy) is 1. The van der Waals surface area contributed by atoms with Crippen LogP contribution in [0.1, 0.15) is 29.3 Å². The lowest BCUT2D eigenvalue weighted by atomic mass is 10.2. The van der Waals surface area contributed by atoms with E-state index in [1.165, 1.54) is 50.4 Å². The molecule has 16 heteroatoms. The standard InChI is InChI=1S/C27H27F3NO9PS2/c1-4-38-41(32,25-8-6-5-7-22(25)18-43(35,36)40-19-27(28,29)30)26-16-21(15-23(31-26)17-39-42(3,33)34)10-9-20-11-13-24(37-2)14-12-20/h5-8,11-16H,4,17-19H2,1-3H3. The second kappa shape index (κ2) is 14.0. The number of hydrogen-bond donors (Lipinski definition) is 0. The van der Waals surface area contributed by atoms with E-state index in [9.17, 15) is 34.6 Å². The molecule has 2 aromatic carbocycles. The summed E-state index contributed by atoms with van der Waals surface area (Å²) in [4.78, 5) is 4.30. The largest absolute Gasteiger partial charge is 0.497 e. The van der Waals surface area contributed by atoms with Gasteiger partial charge in [-0.3, -0.25) is 12.9 Å². The van der Waals surface area contributed by atoms with E-state index >= 15 is 0 Å². The molecule has 0 fully saturated rings. The Balaban J connectivity index is 2.14. The van der Waals surface area contributed by atoms with Gasteiger partial charge in [0.05, 0.1) is 25.7 Å². The number of rotatable bonds is 12. The molecule has 0 bridgehead atoms. The molecule has 0 N–H and O–H groups in total. The number of methoxy groups -OCH3 is 1. The summed E-state index contributed by atoms with van der Waals surface area (Å²) in [5.74, 6) is 5.38. The van der Waals surface area contributed by atoms with Gasteiger partial charge in [0, 0.05) is 16.4 Å². The van der Waals surface area contributed by atoms with Gasteiger partial charge in [-0.05, 0) is 55.0 Å². The van der Waals surface area contributed by atoms with Gasteiger partial charge in [0.25, 0.3) is 27.6 Å². The van der Waals surface area contributed by atoms with Crippen LogP contribution in [-0.4, -0.2) is 54.6 Å². The molecule has 0 aliphatic heterocycles. The van der Waals surface area contributed by atoms with Gasteiger partial charge in [0.1, 0.15) is 23.5 Å². The number of halogens is 3. The Labute approximate surface area is 247 Å². The van der Waals surface area contributed by atoms with E-state index in [2.05, 4.69) is 21.0 Å². The molecule has 1 aromatic heterocycles. The first-order chi connectivity index (χ1) is 20.0. The van der Waals surface area contributed by atoms with Gasteiger partial charge in [-0.15, -0.1) is 0 Å². The lowest BCUT2D eigenvalue weighted by Gasteiger charge is -2.21. The van der Waals surface area contributed by atoms with Crippen LogP contribution < -0.4 is 15.5 Å². The second-order valence-corrected chi connectivity index (χ2v) is 14.4. The Bertz CT molecular complexity index is 1770. The van der Waals surface area contributed by atoms with Crippen LogP contribution in [0.2, 0.25) is 0 Å². The van der Waals surface area contributed by atoms with Crippen LogP contribution in [-0.2, 0) is 50.1 Å². The summed E-state index contributed by atoms with van der Waals surface area (Å²) in [7, 11) is -11.4. The number of nitrogens with zero attached hydrogens (tertiary/aromatic N) is 1. The predicted molar refractivity (Wildman–Crippen MR) is 152 cm³/mol. The minimum absolute atomic E-state index is 0.0143. The van der Waals surface area contributed by atoms with Crippen molar-refractivity contribution in [1.82, 2.24) is 4.98 Å². The van der Waals surface area contributed by atoms with Crippen molar-refractivity contribution in [3.05, 3.63) is 83.0 Å². The van der Waals surface area contributed by atoms with Crippen molar-refractivity contribution in [3.8, 4) is 17.6 Å². The summed E-state index contributed by atoms with van der Waals surface area (Å²) in [6, 6.07) is 14.9. The maximum atomic E-state index is 14.6. The molecule has 0 saturated carbocycles. The number of aromatic nitrogens is 1. The monoisotopic (exact) mass is 661 g/mol. The van der Waals surface area contributed by atoms with E-state index in [-0.39, 0.29) is 34.2 Å². The van der Waals surface area contributed by atoms with E-state index < -0.39 is 52.7 Å². The fraction of sp³-hybridized carbons (Fsp3) is 0.296. The first-order valence-electron chi connectivity index (χ1n) is 12.3. The molecular formula is C27H27F3NO9PS2. The van der Waals surface area contributed by atoms with Gasteiger partial charge >= 0.3 is 6.18 Å². The minimum Gasteiger partial charge on any atom is -0.497 e. The van der Waals surface area contributed by atoms with Crippen molar-refractivity contribution in [2.45, 2.75) is 25.5 Å². The van der Waals surface area contributed by atoms with Crippen LogP contribution in [0.5, 0.6) is 5.75 Å². The number of benzene rings is 2. The van der Waals surface area contributed by atoms with Gasteiger partial charge in [-0.1, -0.05) is 30.0 Å². The normalized spacial score (nSPS) is 13.5.